The van der Waals surface area contributed by atoms with Crippen LogP contribution in [0.4, 0.5) is 15.8 Å². The van der Waals surface area contributed by atoms with E-state index in [9.17, 15) is 14.5 Å². The Morgan fingerprint density at radius 3 is 2.71 bits per heavy atom. The van der Waals surface area contributed by atoms with Crippen LogP contribution < -0.4 is 10.1 Å². The Bertz CT molecular complexity index is 679. The zero-order chi connectivity index (χ0) is 15.4. The zero-order valence-electron chi connectivity index (χ0n) is 11.1. The quantitative estimate of drug-likeness (QED) is 0.647. The summed E-state index contributed by atoms with van der Waals surface area (Å²) in [7, 11) is 1.44. The predicted octanol–water partition coefficient (Wildman–Crippen LogP) is 4.12. The molecule has 0 aliphatic carbocycles. The lowest BCUT2D eigenvalue weighted by molar-refractivity contribution is -0.385. The fraction of sp³-hybridized carbons (Fsp3) is 0.143. The van der Waals surface area contributed by atoms with Crippen molar-refractivity contribution in [2.24, 2.45) is 0 Å². The van der Waals surface area contributed by atoms with Gasteiger partial charge in [0.25, 0.3) is 5.69 Å². The molecule has 0 fully saturated rings. The van der Waals surface area contributed by atoms with Crippen molar-refractivity contribution in [1.82, 2.24) is 0 Å². The minimum absolute atomic E-state index is 0.0672. The molecule has 1 N–H and O–H groups in total. The summed E-state index contributed by atoms with van der Waals surface area (Å²) in [6, 6.07) is 9.07. The molecule has 21 heavy (non-hydrogen) atoms. The molecule has 0 radical (unpaired) electrons. The third-order valence-corrected chi connectivity index (χ3v) is 3.30. The lowest BCUT2D eigenvalue weighted by atomic mass is 10.2. The average Bonchev–Trinajstić information content (AvgIpc) is 2.46. The Kier molecular flexibility index (Phi) is 4.74. The number of ether oxygens (including phenoxy) is 1. The molecule has 0 spiro atoms. The van der Waals surface area contributed by atoms with Crippen molar-refractivity contribution in [2.75, 3.05) is 12.4 Å². The van der Waals surface area contributed by atoms with Crippen LogP contribution >= 0.6 is 15.9 Å². The van der Waals surface area contributed by atoms with E-state index < -0.39 is 10.7 Å². The number of nitro groups is 1. The maximum atomic E-state index is 13.7. The summed E-state index contributed by atoms with van der Waals surface area (Å²) in [4.78, 5) is 10.4. The van der Waals surface area contributed by atoms with Crippen molar-refractivity contribution >= 4 is 27.3 Å². The minimum Gasteiger partial charge on any atom is -0.496 e. The van der Waals surface area contributed by atoms with Crippen molar-refractivity contribution in [1.29, 1.82) is 0 Å². The molecule has 7 heteroatoms. The normalized spacial score (nSPS) is 10.2. The average molecular weight is 355 g/mol. The van der Waals surface area contributed by atoms with Gasteiger partial charge < -0.3 is 10.1 Å². The van der Waals surface area contributed by atoms with E-state index in [2.05, 4.69) is 21.2 Å². The van der Waals surface area contributed by atoms with Crippen molar-refractivity contribution in [3.05, 3.63) is 62.4 Å². The molecule has 110 valence electrons. The van der Waals surface area contributed by atoms with Crippen molar-refractivity contribution < 1.29 is 14.1 Å². The highest BCUT2D eigenvalue weighted by atomic mass is 79.9. The first kappa shape index (κ1) is 15.2. The van der Waals surface area contributed by atoms with Gasteiger partial charge in [-0.05, 0) is 29.8 Å². The molecule has 0 aromatic heterocycles. The second kappa shape index (κ2) is 6.53. The fourth-order valence-corrected chi connectivity index (χ4v) is 2.13. The highest BCUT2D eigenvalue weighted by molar-refractivity contribution is 9.10. The first-order valence-electron chi connectivity index (χ1n) is 6.01. The lowest BCUT2D eigenvalue weighted by Crippen LogP contribution is -2.02. The Balaban J connectivity index is 2.19. The van der Waals surface area contributed by atoms with Gasteiger partial charge in [-0.1, -0.05) is 15.9 Å². The van der Waals surface area contributed by atoms with Gasteiger partial charge in [-0.2, -0.15) is 0 Å². The number of methoxy groups -OCH3 is 1. The monoisotopic (exact) mass is 354 g/mol. The Morgan fingerprint density at radius 1 is 1.33 bits per heavy atom. The molecule has 2 aromatic rings. The summed E-state index contributed by atoms with van der Waals surface area (Å²) in [5.74, 6) is -0.0148. The summed E-state index contributed by atoms with van der Waals surface area (Å²) in [6.07, 6.45) is 0. The van der Waals surface area contributed by atoms with Gasteiger partial charge in [0.05, 0.1) is 23.8 Å². The van der Waals surface area contributed by atoms with E-state index in [4.69, 9.17) is 4.74 Å². The Labute approximate surface area is 129 Å². The number of non-ortho nitro benzene ring substituents is 1. The van der Waals surface area contributed by atoms with Crippen LogP contribution in [-0.2, 0) is 6.54 Å². The van der Waals surface area contributed by atoms with Gasteiger partial charge in [0, 0.05) is 17.1 Å². The highest BCUT2D eigenvalue weighted by Gasteiger charge is 2.10. The molecule has 5 nitrogen and oxygen atoms in total. The number of halogens is 2. The largest absolute Gasteiger partial charge is 0.496 e. The zero-order valence-corrected chi connectivity index (χ0v) is 12.7. The molecule has 0 heterocycles. The van der Waals surface area contributed by atoms with Crippen LogP contribution in [0.2, 0.25) is 0 Å². The molecule has 2 rings (SSSR count). The second-order valence-electron chi connectivity index (χ2n) is 4.27. The number of nitrogens with zero attached hydrogens (tertiary/aromatic N) is 1. The SMILES string of the molecule is COc1cc(CNc2ccc(Br)cc2F)cc([N+](=O)[O-])c1. The van der Waals surface area contributed by atoms with Gasteiger partial charge in [-0.3, -0.25) is 10.1 Å². The second-order valence-corrected chi connectivity index (χ2v) is 5.19. The molecule has 0 saturated carbocycles. The molecule has 2 aromatic carbocycles. The number of anilines is 1. The molecule has 0 atom stereocenters. The maximum absolute atomic E-state index is 13.7. The van der Waals surface area contributed by atoms with Crippen molar-refractivity contribution in [3.63, 3.8) is 0 Å². The summed E-state index contributed by atoms with van der Waals surface area (Å²) in [6.45, 7) is 0.247. The maximum Gasteiger partial charge on any atom is 0.273 e. The number of hydrogen-bond acceptors (Lipinski definition) is 4. The van der Waals surface area contributed by atoms with Gasteiger partial charge >= 0.3 is 0 Å². The number of nitrogens with one attached hydrogen (secondary N) is 1. The number of hydrogen-bond donors (Lipinski definition) is 1. The van der Waals surface area contributed by atoms with Gasteiger partial charge in [-0.15, -0.1) is 0 Å². The lowest BCUT2D eigenvalue weighted by Gasteiger charge is -2.09. The molecule has 0 aliphatic rings. The van der Waals surface area contributed by atoms with Crippen LogP contribution in [-0.4, -0.2) is 12.0 Å². The molecular formula is C14H12BrFN2O3. The van der Waals surface area contributed by atoms with E-state index in [1.165, 1.54) is 25.3 Å². The van der Waals surface area contributed by atoms with Crippen LogP contribution in [0, 0.1) is 15.9 Å². The van der Waals surface area contributed by atoms with Gasteiger partial charge in [0.15, 0.2) is 0 Å². The summed E-state index contributed by atoms with van der Waals surface area (Å²) >= 11 is 3.18. The molecule has 0 bridgehead atoms. The number of nitro benzene ring substituents is 1. The molecule has 0 saturated heterocycles. The van der Waals surface area contributed by atoms with Gasteiger partial charge in [-0.25, -0.2) is 4.39 Å². The van der Waals surface area contributed by atoms with Gasteiger partial charge in [0.2, 0.25) is 0 Å². The third-order valence-electron chi connectivity index (χ3n) is 2.81. The molecular weight excluding hydrogens is 343 g/mol. The first-order valence-corrected chi connectivity index (χ1v) is 6.80. The summed E-state index contributed by atoms with van der Waals surface area (Å²) < 4.78 is 19.3. The Morgan fingerprint density at radius 2 is 2.10 bits per heavy atom. The fourth-order valence-electron chi connectivity index (χ4n) is 1.80. The van der Waals surface area contributed by atoms with E-state index in [1.54, 1.807) is 18.2 Å². The van der Waals surface area contributed by atoms with Crippen LogP contribution in [0.1, 0.15) is 5.56 Å². The van der Waals surface area contributed by atoms with Crippen LogP contribution in [0.3, 0.4) is 0 Å². The third kappa shape index (κ3) is 3.91. The minimum atomic E-state index is -0.494. The highest BCUT2D eigenvalue weighted by Crippen LogP contribution is 2.24. The predicted molar refractivity (Wildman–Crippen MR) is 81.1 cm³/mol. The number of benzene rings is 2. The molecule has 0 unspecified atom stereocenters. The van der Waals surface area contributed by atoms with Crippen molar-refractivity contribution in [3.8, 4) is 5.75 Å². The first-order chi connectivity index (χ1) is 9.99. The van der Waals surface area contributed by atoms with E-state index in [-0.39, 0.29) is 12.2 Å². The van der Waals surface area contributed by atoms with Gasteiger partial charge in [0.1, 0.15) is 11.6 Å². The molecule has 0 aliphatic heterocycles. The van der Waals surface area contributed by atoms with Crippen LogP contribution in [0.5, 0.6) is 5.75 Å². The topological polar surface area (TPSA) is 64.4 Å². The smallest absolute Gasteiger partial charge is 0.273 e. The van der Waals surface area contributed by atoms with E-state index in [0.29, 0.717) is 21.5 Å². The van der Waals surface area contributed by atoms with Crippen LogP contribution in [0.25, 0.3) is 0 Å². The summed E-state index contributed by atoms with van der Waals surface area (Å²) in [5, 5.41) is 13.8. The molecule has 0 amide bonds. The summed E-state index contributed by atoms with van der Waals surface area (Å²) in [5.41, 5.74) is 0.884. The standard InChI is InChI=1S/C14H12BrFN2O3/c1-21-12-5-9(4-11(7-12)18(19)20)8-17-14-3-2-10(15)6-13(14)16/h2-7,17H,8H2,1H3. The van der Waals surface area contributed by atoms with E-state index >= 15 is 0 Å². The number of rotatable bonds is 5. The van der Waals surface area contributed by atoms with E-state index in [1.807, 2.05) is 0 Å². The van der Waals surface area contributed by atoms with E-state index in [0.717, 1.165) is 0 Å². The van der Waals surface area contributed by atoms with Crippen molar-refractivity contribution in [2.45, 2.75) is 6.54 Å². The Hall–Kier alpha value is -2.15. The van der Waals surface area contributed by atoms with Crippen LogP contribution in [0.15, 0.2) is 40.9 Å².